The maximum absolute atomic E-state index is 13.6. The second-order valence-corrected chi connectivity index (χ2v) is 12.0. The van der Waals surface area contributed by atoms with E-state index in [0.29, 0.717) is 39.0 Å². The van der Waals surface area contributed by atoms with Gasteiger partial charge < -0.3 is 14.8 Å². The van der Waals surface area contributed by atoms with Gasteiger partial charge in [0.25, 0.3) is 5.91 Å². The summed E-state index contributed by atoms with van der Waals surface area (Å²) in [6.07, 6.45) is 3.03. The van der Waals surface area contributed by atoms with Gasteiger partial charge in [-0.2, -0.15) is 0 Å². The lowest BCUT2D eigenvalue weighted by Gasteiger charge is -2.28. The van der Waals surface area contributed by atoms with E-state index in [1.807, 2.05) is 25.1 Å². The van der Waals surface area contributed by atoms with Gasteiger partial charge >= 0.3 is 7.48 Å². The van der Waals surface area contributed by atoms with Crippen molar-refractivity contribution >= 4 is 45.5 Å². The quantitative estimate of drug-likeness (QED) is 0.305. The van der Waals surface area contributed by atoms with Crippen molar-refractivity contribution in [2.75, 3.05) is 24.2 Å². The number of furan rings is 1. The predicted octanol–water partition coefficient (Wildman–Crippen LogP) is 4.28. The Morgan fingerprint density at radius 3 is 2.38 bits per heavy atom. The Kier molecular flexibility index (Phi) is 7.26. The summed E-state index contributed by atoms with van der Waals surface area (Å²) in [4.78, 5) is 13.0. The van der Waals surface area contributed by atoms with E-state index in [4.69, 9.17) is 4.42 Å². The molecule has 39 heavy (non-hydrogen) atoms. The summed E-state index contributed by atoms with van der Waals surface area (Å²) < 4.78 is 47.6. The number of benzene rings is 3. The van der Waals surface area contributed by atoms with Crippen molar-refractivity contribution in [3.05, 3.63) is 83.2 Å². The van der Waals surface area contributed by atoms with Crippen molar-refractivity contribution in [3.63, 3.8) is 0 Å². The van der Waals surface area contributed by atoms with Crippen molar-refractivity contribution in [2.24, 2.45) is 0 Å². The maximum Gasteiger partial charge on any atom is 0.326 e. The van der Waals surface area contributed by atoms with E-state index >= 15 is 0 Å². The fourth-order valence-electron chi connectivity index (χ4n) is 4.92. The second-order valence-electron chi connectivity index (χ2n) is 10.1. The number of carbonyl (C=O) groups excluding carboxylic acids is 1. The van der Waals surface area contributed by atoms with Crippen LogP contribution in [-0.2, 0) is 10.0 Å². The van der Waals surface area contributed by atoms with Crippen molar-refractivity contribution < 1.29 is 27.0 Å². The highest BCUT2D eigenvalue weighted by molar-refractivity contribution is 7.92. The lowest BCUT2D eigenvalue weighted by molar-refractivity contribution is 0.0964. The molecule has 1 amide bonds. The Morgan fingerprint density at radius 2 is 1.82 bits per heavy atom. The predicted molar refractivity (Wildman–Crippen MR) is 152 cm³/mol. The average molecular weight is 547 g/mol. The minimum atomic E-state index is -3.69. The molecule has 1 aliphatic rings. The number of amides is 1. The summed E-state index contributed by atoms with van der Waals surface area (Å²) in [7, 11) is -1.14. The lowest BCUT2D eigenvalue weighted by Crippen LogP contribution is -2.34. The smallest absolute Gasteiger partial charge is 0.326 e. The Labute approximate surface area is 228 Å². The van der Waals surface area contributed by atoms with Gasteiger partial charge in [0, 0.05) is 30.6 Å². The molecule has 7 nitrogen and oxygen atoms in total. The van der Waals surface area contributed by atoms with Crippen molar-refractivity contribution in [1.29, 1.82) is 0 Å². The number of rotatable bonds is 9. The maximum atomic E-state index is 13.6. The van der Waals surface area contributed by atoms with Crippen molar-refractivity contribution in [2.45, 2.75) is 31.6 Å². The highest BCUT2D eigenvalue weighted by Gasteiger charge is 2.33. The monoisotopic (exact) mass is 547 g/mol. The summed E-state index contributed by atoms with van der Waals surface area (Å²) in [5, 5.41) is 12.5. The molecule has 0 aliphatic heterocycles. The third-order valence-corrected chi connectivity index (χ3v) is 8.32. The molecule has 1 aliphatic carbocycles. The Morgan fingerprint density at radius 1 is 1.15 bits per heavy atom. The van der Waals surface area contributed by atoms with Gasteiger partial charge in [0.15, 0.2) is 0 Å². The van der Waals surface area contributed by atoms with Crippen LogP contribution in [0.15, 0.2) is 65.1 Å². The zero-order valence-electron chi connectivity index (χ0n) is 21.9. The van der Waals surface area contributed by atoms with E-state index in [-0.39, 0.29) is 24.3 Å². The summed E-state index contributed by atoms with van der Waals surface area (Å²) in [6.45, 7) is 2.15. The number of nitrogens with one attached hydrogen (secondary N) is 1. The molecule has 1 saturated carbocycles. The first-order chi connectivity index (χ1) is 18.6. The molecule has 1 atom stereocenters. The molecule has 1 fully saturated rings. The third kappa shape index (κ3) is 5.44. The van der Waals surface area contributed by atoms with Crippen LogP contribution >= 0.6 is 0 Å². The van der Waals surface area contributed by atoms with Crippen LogP contribution in [0.2, 0.25) is 0 Å². The number of hydrogen-bond donors (Lipinski definition) is 2. The first-order valence-electron chi connectivity index (χ1n) is 12.7. The van der Waals surface area contributed by atoms with Crippen LogP contribution in [0, 0.1) is 5.82 Å². The van der Waals surface area contributed by atoms with Crippen LogP contribution in [0.3, 0.4) is 0 Å². The van der Waals surface area contributed by atoms with Gasteiger partial charge in [-0.05, 0) is 66.1 Å². The Bertz CT molecular complexity index is 1630. The minimum Gasteiger partial charge on any atom is -0.455 e. The summed E-state index contributed by atoms with van der Waals surface area (Å²) >= 11 is 0. The molecule has 5 rings (SSSR count). The number of anilines is 1. The molecule has 1 radical (unpaired) electrons. The lowest BCUT2D eigenvalue weighted by atomic mass is 9.87. The van der Waals surface area contributed by atoms with E-state index < -0.39 is 15.8 Å². The normalized spacial score (nSPS) is 14.3. The zero-order chi connectivity index (χ0) is 27.9. The van der Waals surface area contributed by atoms with Crippen LogP contribution in [0.5, 0.6) is 0 Å². The largest absolute Gasteiger partial charge is 0.455 e. The van der Waals surface area contributed by atoms with Gasteiger partial charge in [-0.15, -0.1) is 0 Å². The van der Waals surface area contributed by atoms with Crippen LogP contribution in [0.4, 0.5) is 10.1 Å². The molecular weight excluding hydrogens is 518 g/mol. The van der Waals surface area contributed by atoms with Gasteiger partial charge in [-0.3, -0.25) is 9.10 Å². The summed E-state index contributed by atoms with van der Waals surface area (Å²) in [5.74, 6) is -0.437. The van der Waals surface area contributed by atoms with Gasteiger partial charge in [0.05, 0.1) is 17.5 Å². The molecule has 1 unspecified atom stereocenters. The van der Waals surface area contributed by atoms with Crippen molar-refractivity contribution in [1.82, 2.24) is 5.32 Å². The van der Waals surface area contributed by atoms with Crippen LogP contribution in [-0.4, -0.2) is 46.7 Å². The molecule has 3 aromatic carbocycles. The van der Waals surface area contributed by atoms with Gasteiger partial charge in [-0.1, -0.05) is 36.7 Å². The molecule has 0 spiro atoms. The molecule has 2 N–H and O–H groups in total. The first-order valence-corrected chi connectivity index (χ1v) is 14.6. The van der Waals surface area contributed by atoms with Crippen molar-refractivity contribution in [3.8, 4) is 11.3 Å². The molecule has 1 aromatic heterocycles. The second kappa shape index (κ2) is 10.5. The highest BCUT2D eigenvalue weighted by atomic mass is 32.2. The number of halogens is 1. The molecule has 10 heteroatoms. The SMILES string of the molecule is CNC(=O)c1c(-c2ccc(F)cc2)oc2cc(N(CC(C)c3ccc([B]O)cc3)S(C)(=O)=O)c(C3CC3)cc12. The van der Waals surface area contributed by atoms with E-state index in [9.17, 15) is 22.6 Å². The highest BCUT2D eigenvalue weighted by Crippen LogP contribution is 2.48. The van der Waals surface area contributed by atoms with Gasteiger partial charge in [0.2, 0.25) is 10.0 Å². The van der Waals surface area contributed by atoms with E-state index in [1.165, 1.54) is 29.7 Å². The summed E-state index contributed by atoms with van der Waals surface area (Å²) in [6, 6.07) is 16.6. The van der Waals surface area contributed by atoms with E-state index in [1.54, 1.807) is 30.3 Å². The molecule has 1 heterocycles. The van der Waals surface area contributed by atoms with Gasteiger partial charge in [-0.25, -0.2) is 12.8 Å². The molecular formula is C29H29BFN2O5S. The number of sulfonamides is 1. The molecule has 0 bridgehead atoms. The molecule has 201 valence electrons. The average Bonchev–Trinajstić information content (AvgIpc) is 3.70. The fourth-order valence-corrected chi connectivity index (χ4v) is 5.93. The van der Waals surface area contributed by atoms with Gasteiger partial charge in [0.1, 0.15) is 17.2 Å². The van der Waals surface area contributed by atoms with Crippen LogP contribution in [0.25, 0.3) is 22.3 Å². The van der Waals surface area contributed by atoms with Crippen LogP contribution < -0.4 is 15.1 Å². The number of nitrogens with zero attached hydrogens (tertiary/aromatic N) is 1. The summed E-state index contributed by atoms with van der Waals surface area (Å²) in [5.41, 5.74) is 4.21. The molecule has 4 aromatic rings. The topological polar surface area (TPSA) is 99.8 Å². The van der Waals surface area contributed by atoms with E-state index in [0.717, 1.165) is 31.5 Å². The van der Waals surface area contributed by atoms with E-state index in [2.05, 4.69) is 5.32 Å². The van der Waals surface area contributed by atoms with Crippen LogP contribution in [0.1, 0.15) is 53.1 Å². The fraction of sp³-hybridized carbons (Fsp3) is 0.276. The molecule has 0 saturated heterocycles. The number of carbonyl (C=O) groups is 1. The standard InChI is InChI=1S/C29H29BFN2O5S/c1-17(18-6-10-21(30-35)11-7-18)16-33(39(3,36)37)25-15-26-24(14-23(25)19-4-5-19)27(29(34)32-2)28(38-26)20-8-12-22(31)13-9-20/h6-15,17,19,35H,4-5,16H2,1-3H3,(H,32,34). The Balaban J connectivity index is 1.65. The zero-order valence-corrected chi connectivity index (χ0v) is 22.8. The minimum absolute atomic E-state index is 0.150. The number of fused-ring (bicyclic) bond motifs is 1. The first kappa shape index (κ1) is 27.0. The number of hydrogen-bond acceptors (Lipinski definition) is 5. The Hall–Kier alpha value is -3.63. The third-order valence-electron chi connectivity index (χ3n) is 7.18.